The first-order valence-electron chi connectivity index (χ1n) is 8.14. The van der Waals surface area contributed by atoms with Crippen molar-refractivity contribution in [1.82, 2.24) is 5.32 Å². The summed E-state index contributed by atoms with van der Waals surface area (Å²) >= 11 is 5.28. The number of hydrogen-bond donors (Lipinski definition) is 2. The molecule has 25 heavy (non-hydrogen) atoms. The lowest BCUT2D eigenvalue weighted by Crippen LogP contribution is -2.34. The molecule has 0 saturated carbocycles. The Balaban J connectivity index is 1.62. The number of thiocarbonyl (C=S) groups is 1. The molecule has 2 N–H and O–H groups in total. The Morgan fingerprint density at radius 3 is 2.68 bits per heavy atom. The average molecular weight is 357 g/mol. The second-order valence-corrected chi connectivity index (χ2v) is 6.23. The van der Waals surface area contributed by atoms with Crippen LogP contribution in [0.25, 0.3) is 11.1 Å². The van der Waals surface area contributed by atoms with Gasteiger partial charge in [0.1, 0.15) is 0 Å². The van der Waals surface area contributed by atoms with E-state index >= 15 is 0 Å². The molecule has 2 aromatic rings. The number of nitro benzene ring substituents is 1. The zero-order chi connectivity index (χ0) is 17.6. The van der Waals surface area contributed by atoms with Crippen LogP contribution in [-0.2, 0) is 4.74 Å². The lowest BCUT2D eigenvalue weighted by molar-refractivity contribution is -0.384. The number of rotatable bonds is 5. The lowest BCUT2D eigenvalue weighted by Gasteiger charge is -2.14. The van der Waals surface area contributed by atoms with Gasteiger partial charge in [0.15, 0.2) is 5.11 Å². The number of hydrogen-bond acceptors (Lipinski definition) is 4. The van der Waals surface area contributed by atoms with E-state index in [1.165, 1.54) is 6.07 Å². The van der Waals surface area contributed by atoms with Crippen LogP contribution in [0.3, 0.4) is 0 Å². The molecule has 1 unspecified atom stereocenters. The molecule has 2 aromatic carbocycles. The minimum Gasteiger partial charge on any atom is -0.376 e. The fraction of sp³-hybridized carbons (Fsp3) is 0.278. The van der Waals surface area contributed by atoms with Gasteiger partial charge in [-0.3, -0.25) is 10.1 Å². The molecule has 0 aliphatic carbocycles. The third-order valence-electron chi connectivity index (χ3n) is 4.07. The number of anilines is 1. The van der Waals surface area contributed by atoms with Gasteiger partial charge < -0.3 is 15.4 Å². The van der Waals surface area contributed by atoms with Crippen molar-refractivity contribution in [1.29, 1.82) is 0 Å². The van der Waals surface area contributed by atoms with Crippen LogP contribution in [0.4, 0.5) is 11.4 Å². The molecule has 0 aromatic heterocycles. The Kier molecular flexibility index (Phi) is 5.57. The smallest absolute Gasteiger partial charge is 0.277 e. The summed E-state index contributed by atoms with van der Waals surface area (Å²) in [7, 11) is 0. The molecule has 130 valence electrons. The normalized spacial score (nSPS) is 16.4. The van der Waals surface area contributed by atoms with Crippen LogP contribution in [0.2, 0.25) is 0 Å². The number of benzene rings is 2. The summed E-state index contributed by atoms with van der Waals surface area (Å²) in [5.74, 6) is 0. The zero-order valence-electron chi connectivity index (χ0n) is 13.6. The first kappa shape index (κ1) is 17.3. The highest BCUT2D eigenvalue weighted by Gasteiger charge is 2.16. The van der Waals surface area contributed by atoms with Crippen LogP contribution in [0.15, 0.2) is 48.5 Å². The van der Waals surface area contributed by atoms with E-state index < -0.39 is 0 Å². The van der Waals surface area contributed by atoms with Crippen molar-refractivity contribution < 1.29 is 9.66 Å². The van der Waals surface area contributed by atoms with Crippen LogP contribution in [0, 0.1) is 10.1 Å². The molecular formula is C18H19N3O3S. The third-order valence-corrected chi connectivity index (χ3v) is 4.32. The molecule has 1 heterocycles. The summed E-state index contributed by atoms with van der Waals surface area (Å²) in [6.45, 7) is 1.51. The van der Waals surface area contributed by atoms with Gasteiger partial charge in [-0.2, -0.15) is 0 Å². The highest BCUT2D eigenvalue weighted by molar-refractivity contribution is 7.80. The number of nitrogens with zero attached hydrogens (tertiary/aromatic N) is 1. The van der Waals surface area contributed by atoms with Gasteiger partial charge in [-0.15, -0.1) is 0 Å². The van der Waals surface area contributed by atoms with E-state index in [-0.39, 0.29) is 16.7 Å². The Hall–Kier alpha value is -2.51. The molecule has 3 rings (SSSR count). The molecule has 0 amide bonds. The van der Waals surface area contributed by atoms with E-state index in [2.05, 4.69) is 10.6 Å². The van der Waals surface area contributed by atoms with E-state index in [1.807, 2.05) is 24.3 Å². The Morgan fingerprint density at radius 1 is 1.24 bits per heavy atom. The number of nitrogens with one attached hydrogen (secondary N) is 2. The maximum Gasteiger partial charge on any atom is 0.277 e. The van der Waals surface area contributed by atoms with E-state index in [1.54, 1.807) is 18.2 Å². The zero-order valence-corrected chi connectivity index (χ0v) is 14.4. The highest BCUT2D eigenvalue weighted by atomic mass is 32.1. The van der Waals surface area contributed by atoms with Crippen LogP contribution >= 0.6 is 12.2 Å². The molecule has 0 spiro atoms. The van der Waals surface area contributed by atoms with E-state index in [4.69, 9.17) is 17.0 Å². The van der Waals surface area contributed by atoms with Crippen molar-refractivity contribution in [2.75, 3.05) is 18.5 Å². The maximum absolute atomic E-state index is 11.1. The van der Waals surface area contributed by atoms with Crippen LogP contribution in [-0.4, -0.2) is 29.3 Å². The Morgan fingerprint density at radius 2 is 2.00 bits per heavy atom. The van der Waals surface area contributed by atoms with Crippen molar-refractivity contribution in [2.24, 2.45) is 0 Å². The predicted molar refractivity (Wildman–Crippen MR) is 102 cm³/mol. The summed E-state index contributed by atoms with van der Waals surface area (Å²) in [5.41, 5.74) is 2.30. The molecule has 0 bridgehead atoms. The summed E-state index contributed by atoms with van der Waals surface area (Å²) in [4.78, 5) is 10.8. The SMILES string of the molecule is O=[N+]([O-])c1ccccc1-c1ccc(NC(=S)NCC2CCCO2)cc1. The first-order chi connectivity index (χ1) is 12.1. The molecule has 6 nitrogen and oxygen atoms in total. The predicted octanol–water partition coefficient (Wildman–Crippen LogP) is 3.73. The van der Waals surface area contributed by atoms with Gasteiger partial charge in [-0.05, 0) is 48.8 Å². The summed E-state index contributed by atoms with van der Waals surface area (Å²) in [6.07, 6.45) is 2.38. The number of para-hydroxylation sites is 1. The monoisotopic (exact) mass is 357 g/mol. The Bertz CT molecular complexity index is 758. The largest absolute Gasteiger partial charge is 0.376 e. The fourth-order valence-electron chi connectivity index (χ4n) is 2.80. The molecular weight excluding hydrogens is 338 g/mol. The van der Waals surface area contributed by atoms with Crippen molar-refractivity contribution in [2.45, 2.75) is 18.9 Å². The van der Waals surface area contributed by atoms with Gasteiger partial charge in [0.2, 0.25) is 0 Å². The van der Waals surface area contributed by atoms with Crippen molar-refractivity contribution in [3.8, 4) is 11.1 Å². The van der Waals surface area contributed by atoms with Gasteiger partial charge >= 0.3 is 0 Å². The van der Waals surface area contributed by atoms with E-state index in [0.29, 0.717) is 17.2 Å². The van der Waals surface area contributed by atoms with Gasteiger partial charge in [-0.25, -0.2) is 0 Å². The van der Waals surface area contributed by atoms with Gasteiger partial charge in [0.25, 0.3) is 5.69 Å². The van der Waals surface area contributed by atoms with Crippen LogP contribution in [0.1, 0.15) is 12.8 Å². The first-order valence-corrected chi connectivity index (χ1v) is 8.54. The molecule has 1 fully saturated rings. The third kappa shape index (κ3) is 4.52. The van der Waals surface area contributed by atoms with E-state index in [0.717, 1.165) is 30.7 Å². The lowest BCUT2D eigenvalue weighted by atomic mass is 10.0. The highest BCUT2D eigenvalue weighted by Crippen LogP contribution is 2.30. The second-order valence-electron chi connectivity index (χ2n) is 5.82. The summed E-state index contributed by atoms with van der Waals surface area (Å²) in [6, 6.07) is 14.1. The van der Waals surface area contributed by atoms with Crippen LogP contribution in [0.5, 0.6) is 0 Å². The minimum atomic E-state index is -0.369. The molecule has 1 atom stereocenters. The molecule has 7 heteroatoms. The number of nitro groups is 1. The minimum absolute atomic E-state index is 0.0944. The van der Waals surface area contributed by atoms with Crippen LogP contribution < -0.4 is 10.6 Å². The fourth-order valence-corrected chi connectivity index (χ4v) is 3.00. The molecule has 1 aliphatic rings. The standard InChI is InChI=1S/C18H19N3O3S/c22-21(23)17-6-2-1-5-16(17)13-7-9-14(10-8-13)20-18(25)19-12-15-4-3-11-24-15/h1-2,5-10,15H,3-4,11-12H2,(H2,19,20,25). The van der Waals surface area contributed by atoms with Gasteiger partial charge in [0, 0.05) is 24.9 Å². The Labute approximate surface area is 151 Å². The molecule has 1 saturated heterocycles. The molecule has 0 radical (unpaired) electrons. The van der Waals surface area contributed by atoms with Crippen molar-refractivity contribution in [3.63, 3.8) is 0 Å². The van der Waals surface area contributed by atoms with E-state index in [9.17, 15) is 10.1 Å². The van der Waals surface area contributed by atoms with Gasteiger partial charge in [-0.1, -0.05) is 24.3 Å². The summed E-state index contributed by atoms with van der Waals surface area (Å²) in [5, 5.41) is 17.9. The molecule has 1 aliphatic heterocycles. The van der Waals surface area contributed by atoms with Gasteiger partial charge in [0.05, 0.1) is 16.6 Å². The van der Waals surface area contributed by atoms with Crippen molar-refractivity contribution in [3.05, 3.63) is 58.6 Å². The van der Waals surface area contributed by atoms with Crippen molar-refractivity contribution >= 4 is 28.7 Å². The topological polar surface area (TPSA) is 76.4 Å². The summed E-state index contributed by atoms with van der Waals surface area (Å²) < 4.78 is 5.54. The number of ether oxygens (including phenoxy) is 1. The maximum atomic E-state index is 11.1. The second kappa shape index (κ2) is 8.04. The average Bonchev–Trinajstić information content (AvgIpc) is 3.14. The quantitative estimate of drug-likeness (QED) is 0.482.